The number of hydrogen-bond acceptors (Lipinski definition) is 4. The molecule has 3 rings (SSSR count). The minimum atomic E-state index is -0.384. The third kappa shape index (κ3) is 3.97. The van der Waals surface area contributed by atoms with Crippen molar-refractivity contribution in [3.63, 3.8) is 0 Å². The van der Waals surface area contributed by atoms with Crippen LogP contribution in [0, 0.1) is 0 Å². The van der Waals surface area contributed by atoms with E-state index in [-0.39, 0.29) is 18.5 Å². The van der Waals surface area contributed by atoms with Crippen LogP contribution in [0.2, 0.25) is 0 Å². The van der Waals surface area contributed by atoms with Crippen molar-refractivity contribution in [1.82, 2.24) is 14.9 Å². The lowest BCUT2D eigenvalue weighted by Gasteiger charge is -2.14. The van der Waals surface area contributed by atoms with E-state index in [1.54, 1.807) is 0 Å². The number of amides is 1. The summed E-state index contributed by atoms with van der Waals surface area (Å²) in [4.78, 5) is 15.6. The number of fused-ring (bicyclic) bond motifs is 1. The summed E-state index contributed by atoms with van der Waals surface area (Å²) in [5, 5.41) is 3.02. The van der Waals surface area contributed by atoms with E-state index in [0.717, 1.165) is 28.4 Å². The molecule has 0 aliphatic rings. The number of aromatic nitrogens is 2. The number of carbonyl (C=O) groups is 1. The fourth-order valence-electron chi connectivity index (χ4n) is 2.81. The van der Waals surface area contributed by atoms with Crippen LogP contribution in [0.3, 0.4) is 0 Å². The Balaban J connectivity index is 1.91. The fourth-order valence-corrected chi connectivity index (χ4v) is 2.81. The third-order valence-electron chi connectivity index (χ3n) is 3.81. The largest absolute Gasteiger partial charge is 0.457 e. The summed E-state index contributed by atoms with van der Waals surface area (Å²) < 4.78 is 8.07. The maximum atomic E-state index is 10.9. The van der Waals surface area contributed by atoms with Gasteiger partial charge in [0.25, 0.3) is 0 Å². The number of ether oxygens (including phenoxy) is 1. The molecular weight excluding hydrogens is 316 g/mol. The molecule has 1 aromatic heterocycles. The highest BCUT2D eigenvalue weighted by atomic mass is 16.5. The van der Waals surface area contributed by atoms with Crippen molar-refractivity contribution < 1.29 is 9.53 Å². The number of nitrogens with two attached hydrogens (primary N) is 1. The van der Waals surface area contributed by atoms with Crippen LogP contribution >= 0.6 is 0 Å². The van der Waals surface area contributed by atoms with Crippen molar-refractivity contribution in [3.8, 4) is 11.5 Å². The van der Waals surface area contributed by atoms with Crippen molar-refractivity contribution >= 4 is 16.9 Å². The molecule has 1 amide bonds. The number of rotatable bonds is 7. The molecule has 2 aromatic carbocycles. The van der Waals surface area contributed by atoms with Crippen LogP contribution in [-0.2, 0) is 11.3 Å². The van der Waals surface area contributed by atoms with Gasteiger partial charge in [0.05, 0.1) is 24.1 Å². The van der Waals surface area contributed by atoms with Gasteiger partial charge in [-0.2, -0.15) is 0 Å². The number of imidazole rings is 1. The van der Waals surface area contributed by atoms with E-state index in [9.17, 15) is 4.79 Å². The summed E-state index contributed by atoms with van der Waals surface area (Å²) in [6.07, 6.45) is 0. The Hall–Kier alpha value is -2.86. The van der Waals surface area contributed by atoms with Crippen LogP contribution in [0.1, 0.15) is 25.7 Å². The number of hydrogen-bond donors (Lipinski definition) is 2. The molecule has 0 aliphatic heterocycles. The van der Waals surface area contributed by atoms with Crippen molar-refractivity contribution in [1.29, 1.82) is 0 Å². The maximum Gasteiger partial charge on any atom is 0.231 e. The third-order valence-corrected chi connectivity index (χ3v) is 3.81. The van der Waals surface area contributed by atoms with E-state index in [4.69, 9.17) is 10.5 Å². The second kappa shape index (κ2) is 7.36. The molecule has 3 N–H and O–H groups in total. The Labute approximate surface area is 146 Å². The van der Waals surface area contributed by atoms with E-state index in [2.05, 4.69) is 28.7 Å². The van der Waals surface area contributed by atoms with E-state index >= 15 is 0 Å². The molecule has 0 saturated heterocycles. The average Bonchev–Trinajstić information content (AvgIpc) is 2.93. The van der Waals surface area contributed by atoms with Gasteiger partial charge in [0, 0.05) is 12.1 Å². The minimum Gasteiger partial charge on any atom is -0.457 e. The highest BCUT2D eigenvalue weighted by Gasteiger charge is 2.14. The van der Waals surface area contributed by atoms with Crippen LogP contribution in [-0.4, -0.2) is 22.0 Å². The second-order valence-corrected chi connectivity index (χ2v) is 6.13. The number of benzene rings is 2. The number of para-hydroxylation sites is 1. The zero-order valence-electron chi connectivity index (χ0n) is 14.4. The van der Waals surface area contributed by atoms with Gasteiger partial charge in [-0.3, -0.25) is 4.79 Å². The first kappa shape index (κ1) is 17.0. The molecule has 130 valence electrons. The normalized spacial score (nSPS) is 11.2. The van der Waals surface area contributed by atoms with Crippen LogP contribution < -0.4 is 15.8 Å². The summed E-state index contributed by atoms with van der Waals surface area (Å²) >= 11 is 0. The SMILES string of the molecule is CC(C)n1c(CNCC(N)=O)nc2ccc(Oc3ccccc3)cc21. The van der Waals surface area contributed by atoms with Gasteiger partial charge in [0.2, 0.25) is 5.91 Å². The Kier molecular flexibility index (Phi) is 5.00. The standard InChI is InChI=1S/C19H22N4O2/c1-13(2)23-17-10-15(25-14-6-4-3-5-7-14)8-9-16(17)22-19(23)12-21-11-18(20)24/h3-10,13,21H,11-12H2,1-2H3,(H2,20,24). The molecule has 0 spiro atoms. The Morgan fingerprint density at radius 2 is 1.96 bits per heavy atom. The van der Waals surface area contributed by atoms with Crippen LogP contribution in [0.4, 0.5) is 0 Å². The zero-order valence-corrected chi connectivity index (χ0v) is 14.4. The van der Waals surface area contributed by atoms with Crippen molar-refractivity contribution in [2.45, 2.75) is 26.4 Å². The Morgan fingerprint density at radius 3 is 2.64 bits per heavy atom. The molecule has 25 heavy (non-hydrogen) atoms. The Bertz CT molecular complexity index is 872. The van der Waals surface area contributed by atoms with E-state index in [1.807, 2.05) is 48.5 Å². The van der Waals surface area contributed by atoms with E-state index in [1.165, 1.54) is 0 Å². The minimum absolute atomic E-state index is 0.129. The van der Waals surface area contributed by atoms with Crippen molar-refractivity contribution in [3.05, 3.63) is 54.4 Å². The zero-order chi connectivity index (χ0) is 17.8. The fraction of sp³-hybridized carbons (Fsp3) is 0.263. The van der Waals surface area contributed by atoms with Crippen LogP contribution in [0.5, 0.6) is 11.5 Å². The molecule has 0 aliphatic carbocycles. The average molecular weight is 338 g/mol. The van der Waals surface area contributed by atoms with E-state index < -0.39 is 0 Å². The number of nitrogens with one attached hydrogen (secondary N) is 1. The van der Waals surface area contributed by atoms with Gasteiger partial charge in [-0.05, 0) is 38.1 Å². The highest BCUT2D eigenvalue weighted by Crippen LogP contribution is 2.28. The first-order chi connectivity index (χ1) is 12.0. The lowest BCUT2D eigenvalue weighted by Crippen LogP contribution is -2.29. The monoisotopic (exact) mass is 338 g/mol. The maximum absolute atomic E-state index is 10.9. The molecule has 0 radical (unpaired) electrons. The smallest absolute Gasteiger partial charge is 0.231 e. The molecule has 0 saturated carbocycles. The molecule has 0 atom stereocenters. The quantitative estimate of drug-likeness (QED) is 0.694. The molecular formula is C19H22N4O2. The first-order valence-electron chi connectivity index (χ1n) is 8.27. The van der Waals surface area contributed by atoms with Crippen LogP contribution in [0.25, 0.3) is 11.0 Å². The second-order valence-electron chi connectivity index (χ2n) is 6.13. The number of nitrogens with zero attached hydrogens (tertiary/aromatic N) is 2. The van der Waals surface area contributed by atoms with Gasteiger partial charge in [-0.15, -0.1) is 0 Å². The number of carbonyl (C=O) groups excluding carboxylic acids is 1. The van der Waals surface area contributed by atoms with Crippen LogP contribution in [0.15, 0.2) is 48.5 Å². The molecule has 6 nitrogen and oxygen atoms in total. The molecule has 6 heteroatoms. The lowest BCUT2D eigenvalue weighted by atomic mass is 10.2. The highest BCUT2D eigenvalue weighted by molar-refractivity contribution is 5.78. The van der Waals surface area contributed by atoms with Gasteiger partial charge in [0.1, 0.15) is 17.3 Å². The first-order valence-corrected chi connectivity index (χ1v) is 8.27. The predicted molar refractivity (Wildman–Crippen MR) is 97.5 cm³/mol. The topological polar surface area (TPSA) is 82.2 Å². The van der Waals surface area contributed by atoms with Crippen molar-refractivity contribution in [2.24, 2.45) is 5.73 Å². The molecule has 3 aromatic rings. The molecule has 0 unspecified atom stereocenters. The summed E-state index contributed by atoms with van der Waals surface area (Å²) in [5.74, 6) is 2.03. The summed E-state index contributed by atoms with van der Waals surface area (Å²) in [7, 11) is 0. The van der Waals surface area contributed by atoms with Crippen molar-refractivity contribution in [2.75, 3.05) is 6.54 Å². The summed E-state index contributed by atoms with van der Waals surface area (Å²) in [5.41, 5.74) is 7.07. The van der Waals surface area contributed by atoms with E-state index in [0.29, 0.717) is 6.54 Å². The Morgan fingerprint density at radius 1 is 1.20 bits per heavy atom. The van der Waals surface area contributed by atoms with Gasteiger partial charge in [0.15, 0.2) is 0 Å². The van der Waals surface area contributed by atoms with Gasteiger partial charge in [-0.25, -0.2) is 4.98 Å². The lowest BCUT2D eigenvalue weighted by molar-refractivity contribution is -0.117. The molecule has 0 fully saturated rings. The summed E-state index contributed by atoms with van der Waals surface area (Å²) in [6.45, 7) is 4.81. The van der Waals surface area contributed by atoms with Gasteiger partial charge in [-0.1, -0.05) is 18.2 Å². The predicted octanol–water partition coefficient (Wildman–Crippen LogP) is 2.98. The van der Waals surface area contributed by atoms with Gasteiger partial charge < -0.3 is 20.4 Å². The van der Waals surface area contributed by atoms with Gasteiger partial charge >= 0.3 is 0 Å². The summed E-state index contributed by atoms with van der Waals surface area (Å²) in [6, 6.07) is 15.7. The molecule has 1 heterocycles. The number of primary amides is 1. The molecule has 0 bridgehead atoms.